The molecule has 1 fully saturated rings. The lowest BCUT2D eigenvalue weighted by Gasteiger charge is -2.17. The van der Waals surface area contributed by atoms with Gasteiger partial charge in [0, 0.05) is 11.7 Å². The second kappa shape index (κ2) is 8.20. The number of carbonyl (C=O) groups excluding carboxylic acids is 1. The summed E-state index contributed by atoms with van der Waals surface area (Å²) >= 11 is 1.39. The predicted octanol–water partition coefficient (Wildman–Crippen LogP) is 4.64. The second-order valence-electron chi connectivity index (χ2n) is 7.15. The van der Waals surface area contributed by atoms with E-state index in [2.05, 4.69) is 15.5 Å². The highest BCUT2D eigenvalue weighted by Gasteiger charge is 2.31. The molecular formula is C23H20N4O2S. The van der Waals surface area contributed by atoms with E-state index in [-0.39, 0.29) is 11.9 Å². The zero-order valence-corrected chi connectivity index (χ0v) is 17.0. The van der Waals surface area contributed by atoms with Crippen LogP contribution in [0.1, 0.15) is 23.7 Å². The molecule has 1 atom stereocenters. The number of rotatable bonds is 7. The van der Waals surface area contributed by atoms with Crippen molar-refractivity contribution in [1.82, 2.24) is 20.1 Å². The maximum absolute atomic E-state index is 13.1. The van der Waals surface area contributed by atoms with E-state index in [1.54, 1.807) is 6.26 Å². The Hall–Kier alpha value is -3.32. The van der Waals surface area contributed by atoms with Gasteiger partial charge in [0.1, 0.15) is 5.25 Å². The lowest BCUT2D eigenvalue weighted by molar-refractivity contribution is -0.120. The molecule has 1 amide bonds. The van der Waals surface area contributed by atoms with Crippen molar-refractivity contribution in [1.29, 1.82) is 0 Å². The quantitative estimate of drug-likeness (QED) is 0.444. The molecule has 0 bridgehead atoms. The molecule has 0 aliphatic heterocycles. The molecule has 30 heavy (non-hydrogen) atoms. The summed E-state index contributed by atoms with van der Waals surface area (Å²) in [4.78, 5) is 13.1. The number of carbonyl (C=O) groups is 1. The van der Waals surface area contributed by atoms with Gasteiger partial charge in [-0.05, 0) is 42.7 Å². The summed E-state index contributed by atoms with van der Waals surface area (Å²) < 4.78 is 7.52. The van der Waals surface area contributed by atoms with Crippen LogP contribution >= 0.6 is 11.8 Å². The highest BCUT2D eigenvalue weighted by molar-refractivity contribution is 8.00. The minimum atomic E-state index is -0.428. The average Bonchev–Trinajstić information content (AvgIpc) is 3.27. The maximum atomic E-state index is 13.1. The van der Waals surface area contributed by atoms with E-state index in [1.165, 1.54) is 11.8 Å². The Kier molecular flexibility index (Phi) is 5.11. The smallest absolute Gasteiger partial charge is 0.238 e. The monoisotopic (exact) mass is 416 g/mol. The van der Waals surface area contributed by atoms with Gasteiger partial charge in [0.25, 0.3) is 0 Å². The van der Waals surface area contributed by atoms with Gasteiger partial charge in [0.2, 0.25) is 11.7 Å². The number of para-hydroxylation sites is 1. The van der Waals surface area contributed by atoms with Crippen LogP contribution in [-0.4, -0.2) is 26.7 Å². The Morgan fingerprint density at radius 2 is 1.73 bits per heavy atom. The number of hydrogen-bond acceptors (Lipinski definition) is 5. The zero-order valence-electron chi connectivity index (χ0n) is 16.1. The molecule has 0 saturated heterocycles. The van der Waals surface area contributed by atoms with Crippen molar-refractivity contribution in [3.05, 3.63) is 84.6 Å². The number of benzene rings is 2. The van der Waals surface area contributed by atoms with Crippen LogP contribution in [0.15, 0.2) is 88.6 Å². The highest BCUT2D eigenvalue weighted by Crippen LogP contribution is 2.38. The molecule has 1 N–H and O–H groups in total. The predicted molar refractivity (Wildman–Crippen MR) is 115 cm³/mol. The lowest BCUT2D eigenvalue weighted by atomic mass is 10.1. The fourth-order valence-corrected chi connectivity index (χ4v) is 4.30. The molecule has 0 unspecified atom stereocenters. The summed E-state index contributed by atoms with van der Waals surface area (Å²) in [7, 11) is 0. The first kappa shape index (κ1) is 18.7. The summed E-state index contributed by atoms with van der Waals surface area (Å²) in [5.41, 5.74) is 1.84. The van der Waals surface area contributed by atoms with Crippen molar-refractivity contribution in [2.24, 2.45) is 0 Å². The van der Waals surface area contributed by atoms with Crippen LogP contribution in [0.2, 0.25) is 0 Å². The van der Waals surface area contributed by atoms with Gasteiger partial charge in [0.15, 0.2) is 10.9 Å². The van der Waals surface area contributed by atoms with Crippen LogP contribution in [-0.2, 0) is 4.79 Å². The van der Waals surface area contributed by atoms with E-state index in [0.29, 0.717) is 16.7 Å². The molecule has 2 aromatic carbocycles. The number of amides is 1. The van der Waals surface area contributed by atoms with Gasteiger partial charge in [-0.2, -0.15) is 0 Å². The van der Waals surface area contributed by atoms with Crippen molar-refractivity contribution < 1.29 is 9.21 Å². The third-order valence-electron chi connectivity index (χ3n) is 4.88. The Labute approximate surface area is 178 Å². The molecule has 1 aliphatic rings. The summed E-state index contributed by atoms with van der Waals surface area (Å²) in [5, 5.41) is 12.1. The van der Waals surface area contributed by atoms with Crippen molar-refractivity contribution in [2.75, 3.05) is 0 Å². The number of thioether (sulfide) groups is 1. The summed E-state index contributed by atoms with van der Waals surface area (Å²) in [6, 6.07) is 23.6. The van der Waals surface area contributed by atoms with Crippen LogP contribution < -0.4 is 5.32 Å². The third kappa shape index (κ3) is 3.89. The van der Waals surface area contributed by atoms with Gasteiger partial charge < -0.3 is 9.73 Å². The van der Waals surface area contributed by atoms with E-state index in [1.807, 2.05) is 77.4 Å². The molecule has 6 nitrogen and oxygen atoms in total. The normalized spacial score (nSPS) is 14.4. The molecule has 4 aromatic rings. The largest absolute Gasteiger partial charge is 0.461 e. The van der Waals surface area contributed by atoms with E-state index in [9.17, 15) is 4.79 Å². The van der Waals surface area contributed by atoms with E-state index in [0.717, 1.165) is 24.1 Å². The molecule has 0 spiro atoms. The number of aromatic nitrogens is 3. The molecule has 7 heteroatoms. The Morgan fingerprint density at radius 3 is 2.40 bits per heavy atom. The highest BCUT2D eigenvalue weighted by atomic mass is 32.2. The van der Waals surface area contributed by atoms with Gasteiger partial charge >= 0.3 is 0 Å². The lowest BCUT2D eigenvalue weighted by Crippen LogP contribution is -2.29. The zero-order chi connectivity index (χ0) is 20.3. The van der Waals surface area contributed by atoms with Gasteiger partial charge in [-0.15, -0.1) is 10.2 Å². The molecule has 5 rings (SSSR count). The maximum Gasteiger partial charge on any atom is 0.238 e. The SMILES string of the molecule is O=C(NC1CC1)[C@@H](Sc1nnc(-c2ccco2)n1-c1ccccc1)c1ccccc1. The van der Waals surface area contributed by atoms with Crippen molar-refractivity contribution in [3.63, 3.8) is 0 Å². The average molecular weight is 417 g/mol. The Bertz CT molecular complexity index is 1120. The van der Waals surface area contributed by atoms with Crippen molar-refractivity contribution in [2.45, 2.75) is 29.3 Å². The number of nitrogens with one attached hydrogen (secondary N) is 1. The fraction of sp³-hybridized carbons (Fsp3) is 0.174. The third-order valence-corrected chi connectivity index (χ3v) is 6.07. The van der Waals surface area contributed by atoms with Crippen LogP contribution in [0.5, 0.6) is 0 Å². The van der Waals surface area contributed by atoms with Crippen LogP contribution in [0.3, 0.4) is 0 Å². The number of furan rings is 1. The van der Waals surface area contributed by atoms with Crippen molar-refractivity contribution >= 4 is 17.7 Å². The van der Waals surface area contributed by atoms with Crippen LogP contribution in [0.4, 0.5) is 0 Å². The van der Waals surface area contributed by atoms with Gasteiger partial charge in [-0.3, -0.25) is 9.36 Å². The van der Waals surface area contributed by atoms with Crippen molar-refractivity contribution in [3.8, 4) is 17.3 Å². The topological polar surface area (TPSA) is 73.0 Å². The van der Waals surface area contributed by atoms with Crippen LogP contribution in [0.25, 0.3) is 17.3 Å². The minimum absolute atomic E-state index is 0.00383. The summed E-state index contributed by atoms with van der Waals surface area (Å²) in [6.07, 6.45) is 3.70. The Balaban J connectivity index is 1.56. The fourth-order valence-electron chi connectivity index (χ4n) is 3.23. The molecule has 1 aliphatic carbocycles. The van der Waals surface area contributed by atoms with Crippen LogP contribution in [0, 0.1) is 0 Å². The molecule has 0 radical (unpaired) electrons. The van der Waals surface area contributed by atoms with Gasteiger partial charge in [-0.1, -0.05) is 60.3 Å². The first-order valence-electron chi connectivity index (χ1n) is 9.86. The van der Waals surface area contributed by atoms with E-state index in [4.69, 9.17) is 4.42 Å². The molecule has 150 valence electrons. The molecule has 1 saturated carbocycles. The molecule has 2 aromatic heterocycles. The number of hydrogen-bond donors (Lipinski definition) is 1. The van der Waals surface area contributed by atoms with Gasteiger partial charge in [-0.25, -0.2) is 0 Å². The first-order chi connectivity index (χ1) is 14.8. The summed E-state index contributed by atoms with van der Waals surface area (Å²) in [6.45, 7) is 0. The number of nitrogens with zero attached hydrogens (tertiary/aromatic N) is 3. The van der Waals surface area contributed by atoms with E-state index < -0.39 is 5.25 Å². The second-order valence-corrected chi connectivity index (χ2v) is 8.22. The first-order valence-corrected chi connectivity index (χ1v) is 10.7. The Morgan fingerprint density at radius 1 is 1.00 bits per heavy atom. The standard InChI is InChI=1S/C23H20N4O2S/c28-22(24-17-13-14-17)20(16-8-3-1-4-9-16)30-23-26-25-21(19-12-7-15-29-19)27(23)18-10-5-2-6-11-18/h1-12,15,17,20H,13-14H2,(H,24,28)/t20-/m0/s1. The molecule has 2 heterocycles. The van der Waals surface area contributed by atoms with E-state index >= 15 is 0 Å². The minimum Gasteiger partial charge on any atom is -0.461 e. The van der Waals surface area contributed by atoms with Gasteiger partial charge in [0.05, 0.1) is 6.26 Å². The molecular weight excluding hydrogens is 396 g/mol. The summed E-state index contributed by atoms with van der Waals surface area (Å²) in [5.74, 6) is 1.22.